The Bertz CT molecular complexity index is 340. The third-order valence-electron chi connectivity index (χ3n) is 3.40. The summed E-state index contributed by atoms with van der Waals surface area (Å²) in [7, 11) is 6.77. The fraction of sp³-hybridized carbons (Fsp3) is 0.583. The van der Waals surface area contributed by atoms with E-state index in [4.69, 9.17) is 0 Å². The lowest BCUT2D eigenvalue weighted by Gasteiger charge is -2.31. The average Bonchev–Trinajstić information content (AvgIpc) is 2.45. The number of likely N-dealkylation sites (tertiary alicyclic amines) is 1. The van der Waals surface area contributed by atoms with Crippen molar-refractivity contribution in [3.63, 3.8) is 0 Å². The van der Waals surface area contributed by atoms with Crippen LogP contribution in [-0.2, 0) is 7.05 Å². The summed E-state index contributed by atoms with van der Waals surface area (Å²) < 4.78 is 3.29. The van der Waals surface area contributed by atoms with Crippen molar-refractivity contribution in [1.82, 2.24) is 0 Å². The molecule has 1 fully saturated rings. The molecule has 1 aromatic heterocycles. The van der Waals surface area contributed by atoms with Gasteiger partial charge in [0, 0.05) is 18.9 Å². The molecule has 1 aliphatic heterocycles. The molecule has 0 unspecified atom stereocenters. The zero-order valence-corrected chi connectivity index (χ0v) is 14.5. The van der Waals surface area contributed by atoms with E-state index in [1.807, 2.05) is 0 Å². The zero-order chi connectivity index (χ0) is 10.2. The standard InChI is InChI=1S/C12H20N2.2HI/c1-13-8-4-6-11(10-13)12-7-5-9-14(12,2)3;;/h4,6,8,10,12H,5,7,9H2,1-3H3;2*1H/q+2;;/p-2/t12-;;/m0../s1. The van der Waals surface area contributed by atoms with Crippen LogP contribution in [0.15, 0.2) is 24.5 Å². The Morgan fingerprint density at radius 3 is 2.50 bits per heavy atom. The summed E-state index contributed by atoms with van der Waals surface area (Å²) in [5, 5.41) is 0. The van der Waals surface area contributed by atoms with Crippen molar-refractivity contribution >= 4 is 0 Å². The predicted molar refractivity (Wildman–Crippen MR) is 56.6 cm³/mol. The minimum atomic E-state index is 0. The van der Waals surface area contributed by atoms with Gasteiger partial charge in [0.2, 0.25) is 0 Å². The first-order valence-electron chi connectivity index (χ1n) is 5.37. The Hall–Kier alpha value is 0.570. The number of hydrogen-bond acceptors (Lipinski definition) is 0. The van der Waals surface area contributed by atoms with Crippen LogP contribution in [0.25, 0.3) is 0 Å². The van der Waals surface area contributed by atoms with E-state index in [-0.39, 0.29) is 48.0 Å². The third kappa shape index (κ3) is 3.53. The number of hydrogen-bond donors (Lipinski definition) is 0. The molecule has 0 aliphatic carbocycles. The Morgan fingerprint density at radius 1 is 1.31 bits per heavy atom. The van der Waals surface area contributed by atoms with Gasteiger partial charge in [-0.3, -0.25) is 0 Å². The lowest BCUT2D eigenvalue weighted by molar-refractivity contribution is -0.908. The molecule has 0 radical (unpaired) electrons. The van der Waals surface area contributed by atoms with E-state index in [0.717, 1.165) is 4.48 Å². The van der Waals surface area contributed by atoms with Crippen LogP contribution in [0.4, 0.5) is 0 Å². The number of pyridine rings is 1. The Kier molecular flexibility index (Phi) is 6.72. The number of aryl methyl sites for hydroxylation is 1. The number of nitrogens with zero attached hydrogens (tertiary/aromatic N) is 2. The van der Waals surface area contributed by atoms with Gasteiger partial charge in [0.15, 0.2) is 12.4 Å². The molecule has 4 heteroatoms. The molecule has 2 nitrogen and oxygen atoms in total. The second kappa shape index (κ2) is 6.49. The molecule has 92 valence electrons. The SMILES string of the molecule is C[n+]1cccc([C@@H]2CCC[N+]2(C)C)c1.[I-].[I-]. The van der Waals surface area contributed by atoms with Crippen LogP contribution >= 0.6 is 0 Å². The molecule has 2 rings (SSSR count). The van der Waals surface area contributed by atoms with Crippen molar-refractivity contribution in [2.75, 3.05) is 20.6 Å². The van der Waals surface area contributed by atoms with Crippen LogP contribution in [0, 0.1) is 0 Å². The topological polar surface area (TPSA) is 3.88 Å². The number of halogens is 2. The third-order valence-corrected chi connectivity index (χ3v) is 3.40. The van der Waals surface area contributed by atoms with Gasteiger partial charge in [-0.25, -0.2) is 4.57 Å². The van der Waals surface area contributed by atoms with Crippen molar-refractivity contribution < 1.29 is 57.0 Å². The van der Waals surface area contributed by atoms with Gasteiger partial charge in [-0.1, -0.05) is 0 Å². The van der Waals surface area contributed by atoms with Gasteiger partial charge < -0.3 is 52.4 Å². The maximum absolute atomic E-state index is 2.34. The Labute approximate surface area is 133 Å². The van der Waals surface area contributed by atoms with Crippen molar-refractivity contribution in [1.29, 1.82) is 0 Å². The van der Waals surface area contributed by atoms with Gasteiger partial charge in [-0.05, 0) is 6.07 Å². The first kappa shape index (κ1) is 16.6. The molecule has 1 aromatic rings. The quantitative estimate of drug-likeness (QED) is 0.233. The van der Waals surface area contributed by atoms with E-state index < -0.39 is 0 Å². The molecule has 0 N–H and O–H groups in total. The lowest BCUT2D eigenvalue weighted by atomic mass is 10.1. The monoisotopic (exact) mass is 446 g/mol. The number of rotatable bonds is 1. The zero-order valence-electron chi connectivity index (χ0n) is 10.2. The molecule has 1 atom stereocenters. The summed E-state index contributed by atoms with van der Waals surface area (Å²) in [6.07, 6.45) is 7.04. The van der Waals surface area contributed by atoms with Gasteiger partial charge in [-0.15, -0.1) is 0 Å². The highest BCUT2D eigenvalue weighted by Crippen LogP contribution is 2.34. The summed E-state index contributed by atoms with van der Waals surface area (Å²) >= 11 is 0. The highest BCUT2D eigenvalue weighted by Gasteiger charge is 2.36. The van der Waals surface area contributed by atoms with Crippen molar-refractivity contribution in [3.8, 4) is 0 Å². The van der Waals surface area contributed by atoms with Crippen molar-refractivity contribution in [3.05, 3.63) is 30.1 Å². The smallest absolute Gasteiger partial charge is 0.177 e. The summed E-state index contributed by atoms with van der Waals surface area (Å²) in [4.78, 5) is 0. The summed E-state index contributed by atoms with van der Waals surface area (Å²) in [6.45, 7) is 1.31. The first-order valence-corrected chi connectivity index (χ1v) is 5.37. The highest BCUT2D eigenvalue weighted by molar-refractivity contribution is 5.10. The summed E-state index contributed by atoms with van der Waals surface area (Å²) in [5.74, 6) is 0. The molecule has 2 heterocycles. The largest absolute Gasteiger partial charge is 1.00 e. The molecule has 0 aromatic carbocycles. The van der Waals surface area contributed by atoms with Crippen LogP contribution in [0.1, 0.15) is 24.4 Å². The van der Waals surface area contributed by atoms with Crippen LogP contribution in [-0.4, -0.2) is 25.1 Å². The minimum absolute atomic E-state index is 0. The van der Waals surface area contributed by atoms with Gasteiger partial charge in [-0.2, -0.15) is 0 Å². The van der Waals surface area contributed by atoms with Gasteiger partial charge >= 0.3 is 0 Å². The molecule has 1 aliphatic rings. The Balaban J connectivity index is 0.00000112. The molecule has 0 spiro atoms. The first-order chi connectivity index (χ1) is 6.59. The van der Waals surface area contributed by atoms with Crippen LogP contribution < -0.4 is 52.5 Å². The van der Waals surface area contributed by atoms with Crippen molar-refractivity contribution in [2.24, 2.45) is 7.05 Å². The summed E-state index contributed by atoms with van der Waals surface area (Å²) in [5.41, 5.74) is 1.48. The van der Waals surface area contributed by atoms with E-state index in [1.165, 1.54) is 24.9 Å². The predicted octanol–water partition coefficient (Wildman–Crippen LogP) is -4.57. The molecule has 16 heavy (non-hydrogen) atoms. The van der Waals surface area contributed by atoms with Crippen molar-refractivity contribution in [2.45, 2.75) is 18.9 Å². The summed E-state index contributed by atoms with van der Waals surface area (Å²) in [6, 6.07) is 5.10. The molecule has 0 bridgehead atoms. The normalized spacial score (nSPS) is 22.1. The van der Waals surface area contributed by atoms with Crippen LogP contribution in [0.5, 0.6) is 0 Å². The van der Waals surface area contributed by atoms with Gasteiger partial charge in [0.25, 0.3) is 0 Å². The molecule has 0 amide bonds. The highest BCUT2D eigenvalue weighted by atomic mass is 127. The van der Waals surface area contributed by atoms with Crippen LogP contribution in [0.3, 0.4) is 0 Å². The molecule has 0 saturated carbocycles. The second-order valence-electron chi connectivity index (χ2n) is 4.96. The van der Waals surface area contributed by atoms with E-state index >= 15 is 0 Å². The number of quaternary nitrogens is 1. The average molecular weight is 446 g/mol. The van der Waals surface area contributed by atoms with Crippen LogP contribution in [0.2, 0.25) is 0 Å². The molecular formula is C12H20I2N2. The van der Waals surface area contributed by atoms with E-state index in [1.54, 1.807) is 0 Å². The minimum Gasteiger partial charge on any atom is -1.00 e. The maximum Gasteiger partial charge on any atom is 0.177 e. The second-order valence-corrected chi connectivity index (χ2v) is 4.96. The van der Waals surface area contributed by atoms with Gasteiger partial charge in [0.1, 0.15) is 13.1 Å². The fourth-order valence-corrected chi connectivity index (χ4v) is 2.58. The van der Waals surface area contributed by atoms with Gasteiger partial charge in [0.05, 0.1) is 26.2 Å². The molecule has 1 saturated heterocycles. The van der Waals surface area contributed by atoms with E-state index in [0.29, 0.717) is 6.04 Å². The van der Waals surface area contributed by atoms with E-state index in [9.17, 15) is 0 Å². The molecular weight excluding hydrogens is 426 g/mol. The fourth-order valence-electron chi connectivity index (χ4n) is 2.58. The Morgan fingerprint density at radius 2 is 2.00 bits per heavy atom. The maximum atomic E-state index is 2.34. The van der Waals surface area contributed by atoms with E-state index in [2.05, 4.69) is 50.2 Å². The number of aromatic nitrogens is 1. The lowest BCUT2D eigenvalue weighted by Crippen LogP contribution is -3.00.